The Morgan fingerprint density at radius 2 is 1.79 bits per heavy atom. The third kappa shape index (κ3) is 7.00. The Kier molecular flexibility index (Phi) is 8.84. The van der Waals surface area contributed by atoms with Gasteiger partial charge in [0.05, 0.1) is 6.42 Å². The molecule has 0 spiro atoms. The molecular formula is C24H31FN2O2. The summed E-state index contributed by atoms with van der Waals surface area (Å²) < 4.78 is 13.3. The number of halogens is 1. The van der Waals surface area contributed by atoms with Crippen LogP contribution in [-0.2, 0) is 22.6 Å². The molecule has 156 valence electrons. The molecule has 0 saturated heterocycles. The monoisotopic (exact) mass is 398 g/mol. The Labute approximate surface area is 173 Å². The second kappa shape index (κ2) is 11.3. The number of carbonyl (C=O) groups excluding carboxylic acids is 2. The van der Waals surface area contributed by atoms with E-state index in [1.165, 1.54) is 12.1 Å². The van der Waals surface area contributed by atoms with Gasteiger partial charge in [-0.15, -0.1) is 0 Å². The van der Waals surface area contributed by atoms with Gasteiger partial charge >= 0.3 is 0 Å². The molecule has 0 aliphatic carbocycles. The highest BCUT2D eigenvalue weighted by Gasteiger charge is 2.28. The minimum Gasteiger partial charge on any atom is -0.354 e. The number of amides is 2. The molecule has 5 heteroatoms. The maximum Gasteiger partial charge on any atom is 0.242 e. The lowest BCUT2D eigenvalue weighted by Crippen LogP contribution is -2.49. The molecule has 0 unspecified atom stereocenters. The first-order valence-corrected chi connectivity index (χ1v) is 10.3. The van der Waals surface area contributed by atoms with Gasteiger partial charge in [-0.25, -0.2) is 4.39 Å². The van der Waals surface area contributed by atoms with Gasteiger partial charge in [0.2, 0.25) is 11.8 Å². The Bertz CT molecular complexity index is 805. The highest BCUT2D eigenvalue weighted by molar-refractivity contribution is 5.88. The number of rotatable bonds is 10. The molecule has 2 aromatic rings. The predicted octanol–water partition coefficient (Wildman–Crippen LogP) is 4.40. The van der Waals surface area contributed by atoms with Crippen LogP contribution in [-0.4, -0.2) is 29.3 Å². The Morgan fingerprint density at radius 1 is 1.07 bits per heavy atom. The normalized spacial score (nSPS) is 11.7. The van der Waals surface area contributed by atoms with E-state index in [9.17, 15) is 14.0 Å². The standard InChI is InChI=1S/C24H31FN2O2/c1-4-6-14-26-24(29)22(5-2)27(17-19-10-12-21(25)13-11-19)23(28)16-20-9-7-8-18(3)15-20/h7-13,15,22H,4-6,14,16-17H2,1-3H3,(H,26,29)/t22-/m0/s1. The van der Waals surface area contributed by atoms with Crippen LogP contribution in [0.3, 0.4) is 0 Å². The number of unbranched alkanes of at least 4 members (excludes halogenated alkanes) is 1. The number of nitrogens with one attached hydrogen (secondary N) is 1. The second-order valence-corrected chi connectivity index (χ2v) is 7.38. The largest absolute Gasteiger partial charge is 0.354 e. The van der Waals surface area contributed by atoms with Crippen LogP contribution < -0.4 is 5.32 Å². The summed E-state index contributed by atoms with van der Waals surface area (Å²) in [5.74, 6) is -0.575. The van der Waals surface area contributed by atoms with Crippen molar-refractivity contribution in [3.63, 3.8) is 0 Å². The average Bonchev–Trinajstić information content (AvgIpc) is 2.69. The molecule has 0 aliphatic heterocycles. The average molecular weight is 399 g/mol. The van der Waals surface area contributed by atoms with E-state index in [-0.39, 0.29) is 30.6 Å². The zero-order valence-corrected chi connectivity index (χ0v) is 17.6. The van der Waals surface area contributed by atoms with Crippen molar-refractivity contribution in [3.8, 4) is 0 Å². The fraction of sp³-hybridized carbons (Fsp3) is 0.417. The summed E-state index contributed by atoms with van der Waals surface area (Å²) in [6.45, 7) is 6.82. The molecule has 1 atom stereocenters. The Hall–Kier alpha value is -2.69. The summed E-state index contributed by atoms with van der Waals surface area (Å²) in [6, 6.07) is 13.3. The first kappa shape index (κ1) is 22.6. The van der Waals surface area contributed by atoms with Crippen molar-refractivity contribution in [2.45, 2.75) is 59.0 Å². The number of aryl methyl sites for hydroxylation is 1. The van der Waals surface area contributed by atoms with E-state index >= 15 is 0 Å². The van der Waals surface area contributed by atoms with Gasteiger partial charge in [-0.1, -0.05) is 62.2 Å². The number of benzene rings is 2. The van der Waals surface area contributed by atoms with Gasteiger partial charge in [-0.2, -0.15) is 0 Å². The summed E-state index contributed by atoms with van der Waals surface area (Å²) >= 11 is 0. The van der Waals surface area contributed by atoms with E-state index in [2.05, 4.69) is 12.2 Å². The molecular weight excluding hydrogens is 367 g/mol. The van der Waals surface area contributed by atoms with Gasteiger partial charge in [-0.05, 0) is 43.0 Å². The molecule has 0 fully saturated rings. The van der Waals surface area contributed by atoms with E-state index in [1.54, 1.807) is 17.0 Å². The fourth-order valence-electron chi connectivity index (χ4n) is 3.31. The minimum atomic E-state index is -0.561. The lowest BCUT2D eigenvalue weighted by Gasteiger charge is -2.31. The number of hydrogen-bond acceptors (Lipinski definition) is 2. The third-order valence-electron chi connectivity index (χ3n) is 4.92. The Morgan fingerprint density at radius 3 is 2.41 bits per heavy atom. The lowest BCUT2D eigenvalue weighted by molar-refractivity contribution is -0.140. The minimum absolute atomic E-state index is 0.114. The first-order valence-electron chi connectivity index (χ1n) is 10.3. The molecule has 0 saturated carbocycles. The molecule has 29 heavy (non-hydrogen) atoms. The van der Waals surface area contributed by atoms with Gasteiger partial charge in [0.1, 0.15) is 11.9 Å². The van der Waals surface area contributed by atoms with E-state index in [4.69, 9.17) is 0 Å². The SMILES string of the molecule is CCCCNC(=O)[C@H](CC)N(Cc1ccc(F)cc1)C(=O)Cc1cccc(C)c1. The van der Waals surface area contributed by atoms with Crippen molar-refractivity contribution in [1.29, 1.82) is 0 Å². The molecule has 2 aromatic carbocycles. The fourth-order valence-corrected chi connectivity index (χ4v) is 3.31. The summed E-state index contributed by atoms with van der Waals surface area (Å²) in [6.07, 6.45) is 2.63. The van der Waals surface area contributed by atoms with Crippen molar-refractivity contribution in [2.75, 3.05) is 6.54 Å². The van der Waals surface area contributed by atoms with Gasteiger partial charge in [0.15, 0.2) is 0 Å². The van der Waals surface area contributed by atoms with Crippen molar-refractivity contribution < 1.29 is 14.0 Å². The van der Waals surface area contributed by atoms with Crippen LogP contribution in [0.5, 0.6) is 0 Å². The van der Waals surface area contributed by atoms with Crippen LogP contribution in [0, 0.1) is 12.7 Å². The highest BCUT2D eigenvalue weighted by atomic mass is 19.1. The van der Waals surface area contributed by atoms with Crippen molar-refractivity contribution in [2.24, 2.45) is 0 Å². The van der Waals surface area contributed by atoms with Crippen LogP contribution in [0.15, 0.2) is 48.5 Å². The van der Waals surface area contributed by atoms with Crippen LogP contribution in [0.1, 0.15) is 49.8 Å². The lowest BCUT2D eigenvalue weighted by atomic mass is 10.1. The van der Waals surface area contributed by atoms with Crippen LogP contribution in [0.25, 0.3) is 0 Å². The van der Waals surface area contributed by atoms with Gasteiger partial charge in [0.25, 0.3) is 0 Å². The molecule has 0 aromatic heterocycles. The third-order valence-corrected chi connectivity index (χ3v) is 4.92. The van der Waals surface area contributed by atoms with Crippen molar-refractivity contribution >= 4 is 11.8 Å². The summed E-state index contributed by atoms with van der Waals surface area (Å²) in [5, 5.41) is 2.94. The zero-order chi connectivity index (χ0) is 21.2. The number of nitrogens with zero attached hydrogens (tertiary/aromatic N) is 1. The molecule has 0 radical (unpaired) electrons. The summed E-state index contributed by atoms with van der Waals surface area (Å²) in [4.78, 5) is 27.6. The van der Waals surface area contributed by atoms with E-state index < -0.39 is 6.04 Å². The number of hydrogen-bond donors (Lipinski definition) is 1. The first-order chi connectivity index (χ1) is 13.9. The van der Waals surface area contributed by atoms with Crippen LogP contribution in [0.4, 0.5) is 4.39 Å². The van der Waals surface area contributed by atoms with E-state index in [0.717, 1.165) is 29.5 Å². The maximum atomic E-state index is 13.3. The second-order valence-electron chi connectivity index (χ2n) is 7.38. The molecule has 2 rings (SSSR count). The van der Waals surface area contributed by atoms with Gasteiger partial charge in [0, 0.05) is 13.1 Å². The molecule has 1 N–H and O–H groups in total. The molecule has 0 bridgehead atoms. The van der Waals surface area contributed by atoms with E-state index in [0.29, 0.717) is 13.0 Å². The van der Waals surface area contributed by atoms with Gasteiger partial charge in [-0.3, -0.25) is 9.59 Å². The van der Waals surface area contributed by atoms with E-state index in [1.807, 2.05) is 38.1 Å². The molecule has 0 heterocycles. The quantitative estimate of drug-likeness (QED) is 0.603. The topological polar surface area (TPSA) is 49.4 Å². The van der Waals surface area contributed by atoms with Crippen molar-refractivity contribution in [3.05, 3.63) is 71.0 Å². The zero-order valence-electron chi connectivity index (χ0n) is 17.6. The molecule has 0 aliphatic rings. The molecule has 4 nitrogen and oxygen atoms in total. The highest BCUT2D eigenvalue weighted by Crippen LogP contribution is 2.16. The number of carbonyl (C=O) groups is 2. The summed E-state index contributed by atoms with van der Waals surface area (Å²) in [5.41, 5.74) is 2.80. The smallest absolute Gasteiger partial charge is 0.242 e. The van der Waals surface area contributed by atoms with Gasteiger partial charge < -0.3 is 10.2 Å². The van der Waals surface area contributed by atoms with Crippen LogP contribution in [0.2, 0.25) is 0 Å². The predicted molar refractivity (Wildman–Crippen MR) is 114 cm³/mol. The summed E-state index contributed by atoms with van der Waals surface area (Å²) in [7, 11) is 0. The Balaban J connectivity index is 2.23. The van der Waals surface area contributed by atoms with Crippen molar-refractivity contribution in [1.82, 2.24) is 10.2 Å². The van der Waals surface area contributed by atoms with Crippen LogP contribution >= 0.6 is 0 Å². The maximum absolute atomic E-state index is 13.3. The molecule has 2 amide bonds.